The number of carbonyl (C=O) groups excluding carboxylic acids is 2. The number of hydrogen-bond acceptors (Lipinski definition) is 3. The minimum Gasteiger partial charge on any atom is -0.329 e. The lowest BCUT2D eigenvalue weighted by atomic mass is 10.0. The molecule has 3 nitrogen and oxygen atoms in total. The Kier molecular flexibility index (Phi) is 12.6. The average molecular weight is 340 g/mol. The molecule has 23 heavy (non-hydrogen) atoms. The van der Waals surface area contributed by atoms with E-state index in [9.17, 15) is 9.59 Å². The van der Waals surface area contributed by atoms with Gasteiger partial charge in [0.1, 0.15) is 0 Å². The van der Waals surface area contributed by atoms with E-state index in [-0.39, 0.29) is 16.9 Å². The highest BCUT2D eigenvalue weighted by molar-refractivity contribution is 6.20. The van der Waals surface area contributed by atoms with Gasteiger partial charge >= 0.3 is 0 Å². The number of unbranched alkanes of at least 4 members (excludes halogenated alkanes) is 4. The molecule has 0 heterocycles. The van der Waals surface area contributed by atoms with Gasteiger partial charge in [-0.25, -0.2) is 0 Å². The van der Waals surface area contributed by atoms with Crippen LogP contribution in [0.15, 0.2) is 24.3 Å². The van der Waals surface area contributed by atoms with E-state index in [1.807, 2.05) is 0 Å². The van der Waals surface area contributed by atoms with Gasteiger partial charge in [-0.3, -0.25) is 9.59 Å². The van der Waals surface area contributed by atoms with Crippen molar-refractivity contribution in [2.45, 2.75) is 64.7 Å². The quantitative estimate of drug-likeness (QED) is 0.391. The van der Waals surface area contributed by atoms with E-state index < -0.39 is 0 Å². The largest absolute Gasteiger partial charge is 0.329 e. The zero-order valence-electron chi connectivity index (χ0n) is 14.6. The number of hydrogen-bond donors (Lipinski definition) is 1. The zero-order valence-corrected chi connectivity index (χ0v) is 15.4. The van der Waals surface area contributed by atoms with Crippen molar-refractivity contribution in [1.29, 1.82) is 0 Å². The highest BCUT2D eigenvalue weighted by Crippen LogP contribution is 2.10. The summed E-state index contributed by atoms with van der Waals surface area (Å²) >= 11 is 5.85. The van der Waals surface area contributed by atoms with Crippen molar-refractivity contribution < 1.29 is 9.59 Å². The Bertz CT molecular complexity index is 441. The van der Waals surface area contributed by atoms with Gasteiger partial charge in [0.25, 0.3) is 0 Å². The molecule has 0 fully saturated rings. The first kappa shape index (κ1) is 21.8. The molecule has 4 heteroatoms. The summed E-state index contributed by atoms with van der Waals surface area (Å²) in [5, 5.41) is 0.205. The summed E-state index contributed by atoms with van der Waals surface area (Å²) < 4.78 is 0. The normalized spacial score (nSPS) is 11.3. The van der Waals surface area contributed by atoms with Gasteiger partial charge in [0.2, 0.25) is 0 Å². The SMILES string of the molecule is CC(=O)c1ccccc1C(C)=O.CCCCCCCC(Cl)CN. The molecular formula is C19H30ClNO2. The lowest BCUT2D eigenvalue weighted by Gasteiger charge is -2.04. The van der Waals surface area contributed by atoms with Gasteiger partial charge in [-0.15, -0.1) is 11.6 Å². The maximum Gasteiger partial charge on any atom is 0.160 e. The second kappa shape index (κ2) is 13.3. The van der Waals surface area contributed by atoms with Crippen LogP contribution in [0, 0.1) is 0 Å². The van der Waals surface area contributed by atoms with Gasteiger partial charge in [-0.1, -0.05) is 63.3 Å². The number of halogens is 1. The lowest BCUT2D eigenvalue weighted by Crippen LogP contribution is -2.13. The molecule has 1 aromatic rings. The van der Waals surface area contributed by atoms with Crippen molar-refractivity contribution in [2.75, 3.05) is 6.54 Å². The van der Waals surface area contributed by atoms with Crippen LogP contribution >= 0.6 is 11.6 Å². The summed E-state index contributed by atoms with van der Waals surface area (Å²) in [6.45, 7) is 5.77. The average Bonchev–Trinajstić information content (AvgIpc) is 2.54. The molecule has 1 atom stereocenters. The molecule has 1 aromatic carbocycles. The smallest absolute Gasteiger partial charge is 0.160 e. The summed E-state index contributed by atoms with van der Waals surface area (Å²) in [6.07, 6.45) is 7.66. The molecule has 0 spiro atoms. The monoisotopic (exact) mass is 339 g/mol. The van der Waals surface area contributed by atoms with Crippen LogP contribution in [-0.4, -0.2) is 23.5 Å². The first-order valence-electron chi connectivity index (χ1n) is 8.39. The van der Waals surface area contributed by atoms with Crippen molar-refractivity contribution in [3.8, 4) is 0 Å². The molecule has 0 aliphatic rings. The summed E-state index contributed by atoms with van der Waals surface area (Å²) in [5.41, 5.74) is 6.39. The molecule has 130 valence electrons. The van der Waals surface area contributed by atoms with Gasteiger partial charge < -0.3 is 5.73 Å². The van der Waals surface area contributed by atoms with Crippen LogP contribution in [0.2, 0.25) is 0 Å². The molecule has 0 bridgehead atoms. The molecule has 0 amide bonds. The number of rotatable bonds is 9. The second-order valence-corrected chi connectivity index (χ2v) is 6.31. The van der Waals surface area contributed by atoms with Crippen LogP contribution in [0.25, 0.3) is 0 Å². The van der Waals surface area contributed by atoms with Gasteiger partial charge in [-0.2, -0.15) is 0 Å². The Morgan fingerprint density at radius 2 is 1.48 bits per heavy atom. The van der Waals surface area contributed by atoms with E-state index in [2.05, 4.69) is 6.92 Å². The maximum atomic E-state index is 11.0. The molecule has 1 rings (SSSR count). The van der Waals surface area contributed by atoms with Crippen molar-refractivity contribution >= 4 is 23.2 Å². The van der Waals surface area contributed by atoms with Crippen LogP contribution in [0.5, 0.6) is 0 Å². The first-order chi connectivity index (χ1) is 10.9. The van der Waals surface area contributed by atoms with Gasteiger partial charge in [-0.05, 0) is 20.3 Å². The molecule has 1 unspecified atom stereocenters. The molecule has 0 saturated heterocycles. The fraction of sp³-hybridized carbons (Fsp3) is 0.579. The molecule has 0 radical (unpaired) electrons. The minimum atomic E-state index is -0.0687. The third kappa shape index (κ3) is 10.2. The topological polar surface area (TPSA) is 60.2 Å². The van der Waals surface area contributed by atoms with Gasteiger partial charge in [0.05, 0.1) is 0 Å². The van der Waals surface area contributed by atoms with Gasteiger partial charge in [0, 0.05) is 23.0 Å². The van der Waals surface area contributed by atoms with Crippen LogP contribution in [0.4, 0.5) is 0 Å². The highest BCUT2D eigenvalue weighted by Gasteiger charge is 2.08. The summed E-state index contributed by atoms with van der Waals surface area (Å²) in [7, 11) is 0. The van der Waals surface area contributed by atoms with Crippen molar-refractivity contribution in [3.05, 3.63) is 35.4 Å². The maximum absolute atomic E-state index is 11.0. The minimum absolute atomic E-state index is 0.0687. The molecule has 2 N–H and O–H groups in total. The third-order valence-corrected chi connectivity index (χ3v) is 3.96. The van der Waals surface area contributed by atoms with Crippen LogP contribution < -0.4 is 5.73 Å². The van der Waals surface area contributed by atoms with E-state index in [0.717, 1.165) is 6.42 Å². The number of ketones is 2. The Hall–Kier alpha value is -1.19. The van der Waals surface area contributed by atoms with E-state index >= 15 is 0 Å². The summed E-state index contributed by atoms with van der Waals surface area (Å²) in [6, 6.07) is 6.84. The van der Waals surface area contributed by atoms with E-state index in [4.69, 9.17) is 17.3 Å². The second-order valence-electron chi connectivity index (χ2n) is 5.69. The number of carbonyl (C=O) groups is 2. The zero-order chi connectivity index (χ0) is 17.7. The lowest BCUT2D eigenvalue weighted by molar-refractivity contribution is 0.0981. The number of Topliss-reactive ketones (excluding diaryl/α,β-unsaturated/α-hetero) is 2. The van der Waals surface area contributed by atoms with Crippen molar-refractivity contribution in [3.63, 3.8) is 0 Å². The Morgan fingerprint density at radius 1 is 1.00 bits per heavy atom. The predicted octanol–water partition coefficient (Wildman–Crippen LogP) is 5.00. The molecule has 0 aromatic heterocycles. The van der Waals surface area contributed by atoms with Crippen molar-refractivity contribution in [2.24, 2.45) is 5.73 Å². The molecule has 0 saturated carbocycles. The van der Waals surface area contributed by atoms with E-state index in [0.29, 0.717) is 17.7 Å². The van der Waals surface area contributed by atoms with E-state index in [1.165, 1.54) is 46.0 Å². The fourth-order valence-corrected chi connectivity index (χ4v) is 2.34. The van der Waals surface area contributed by atoms with Crippen LogP contribution in [0.1, 0.15) is 80.0 Å². The van der Waals surface area contributed by atoms with Gasteiger partial charge in [0.15, 0.2) is 11.6 Å². The van der Waals surface area contributed by atoms with Crippen LogP contribution in [0.3, 0.4) is 0 Å². The third-order valence-electron chi connectivity index (χ3n) is 3.56. The highest BCUT2D eigenvalue weighted by atomic mass is 35.5. The molecule has 0 aliphatic carbocycles. The van der Waals surface area contributed by atoms with Crippen molar-refractivity contribution in [1.82, 2.24) is 0 Å². The summed E-state index contributed by atoms with van der Waals surface area (Å²) in [4.78, 5) is 22.0. The van der Waals surface area contributed by atoms with Crippen LogP contribution in [-0.2, 0) is 0 Å². The standard InChI is InChI=1S/C10H10O2.C9H20ClN/c1-7(11)9-5-3-4-6-10(9)8(2)12;1-2-3-4-5-6-7-9(10)8-11/h3-6H,1-2H3;9H,2-8,11H2,1H3. The fourth-order valence-electron chi connectivity index (χ4n) is 2.18. The number of alkyl halides is 1. The summed E-state index contributed by atoms with van der Waals surface area (Å²) in [5.74, 6) is -0.137. The predicted molar refractivity (Wildman–Crippen MR) is 98.5 cm³/mol. The number of benzene rings is 1. The Labute approximate surface area is 145 Å². The Morgan fingerprint density at radius 3 is 1.87 bits per heavy atom. The first-order valence-corrected chi connectivity index (χ1v) is 8.82. The molecule has 0 aliphatic heterocycles. The Balaban J connectivity index is 0.000000423. The van der Waals surface area contributed by atoms with E-state index in [1.54, 1.807) is 24.3 Å². The molecular weight excluding hydrogens is 310 g/mol. The number of nitrogens with two attached hydrogens (primary N) is 1.